The van der Waals surface area contributed by atoms with Crippen molar-refractivity contribution in [2.75, 3.05) is 5.32 Å². The van der Waals surface area contributed by atoms with Crippen LogP contribution < -0.4 is 5.32 Å². The van der Waals surface area contributed by atoms with E-state index >= 15 is 0 Å². The van der Waals surface area contributed by atoms with Crippen molar-refractivity contribution in [3.8, 4) is 0 Å². The van der Waals surface area contributed by atoms with Gasteiger partial charge in [0.05, 0.1) is 17.5 Å². The van der Waals surface area contributed by atoms with E-state index in [1.165, 1.54) is 0 Å². The summed E-state index contributed by atoms with van der Waals surface area (Å²) in [5.74, 6) is 0.319. The number of carbonyl (C=O) groups is 1. The largest absolute Gasteiger partial charge is 0.324 e. The van der Waals surface area contributed by atoms with Crippen LogP contribution in [0.3, 0.4) is 0 Å². The Morgan fingerprint density at radius 1 is 1.16 bits per heavy atom. The number of H-pyrrole nitrogens is 1. The second-order valence-corrected chi connectivity index (χ2v) is 4.15. The van der Waals surface area contributed by atoms with E-state index in [0.29, 0.717) is 5.95 Å². The topological polar surface area (TPSA) is 70.7 Å². The van der Waals surface area contributed by atoms with Gasteiger partial charge in [0, 0.05) is 11.9 Å². The van der Waals surface area contributed by atoms with E-state index < -0.39 is 0 Å². The molecule has 0 aliphatic heterocycles. The van der Waals surface area contributed by atoms with Crippen LogP contribution in [0.2, 0.25) is 0 Å². The minimum atomic E-state index is -0.141. The van der Waals surface area contributed by atoms with Gasteiger partial charge in [0.15, 0.2) is 0 Å². The molecule has 0 unspecified atom stereocenters. The van der Waals surface area contributed by atoms with Crippen molar-refractivity contribution in [3.05, 3.63) is 54.4 Å². The highest BCUT2D eigenvalue weighted by Gasteiger charge is 2.07. The maximum Gasteiger partial charge on any atom is 0.232 e. The number of benzene rings is 1. The molecular formula is C14H12N4O. The fraction of sp³-hybridized carbons (Fsp3) is 0.0714. The van der Waals surface area contributed by atoms with E-state index in [9.17, 15) is 4.79 Å². The predicted molar refractivity (Wildman–Crippen MR) is 72.7 cm³/mol. The highest BCUT2D eigenvalue weighted by atomic mass is 16.1. The molecule has 5 heteroatoms. The monoisotopic (exact) mass is 252 g/mol. The number of amides is 1. The quantitative estimate of drug-likeness (QED) is 0.750. The van der Waals surface area contributed by atoms with Crippen LogP contribution in [0.5, 0.6) is 0 Å². The number of fused-ring (bicyclic) bond motifs is 1. The summed E-state index contributed by atoms with van der Waals surface area (Å²) < 4.78 is 0. The molecule has 19 heavy (non-hydrogen) atoms. The number of hydrogen-bond acceptors (Lipinski definition) is 3. The van der Waals surface area contributed by atoms with Gasteiger partial charge in [-0.1, -0.05) is 18.2 Å². The van der Waals surface area contributed by atoms with Gasteiger partial charge in [0.25, 0.3) is 0 Å². The van der Waals surface area contributed by atoms with E-state index in [2.05, 4.69) is 20.3 Å². The molecule has 5 nitrogen and oxygen atoms in total. The van der Waals surface area contributed by atoms with Crippen LogP contribution in [0, 0.1) is 0 Å². The first kappa shape index (κ1) is 11.4. The lowest BCUT2D eigenvalue weighted by molar-refractivity contribution is -0.115. The minimum Gasteiger partial charge on any atom is -0.324 e. The van der Waals surface area contributed by atoms with E-state index in [4.69, 9.17) is 0 Å². The van der Waals surface area contributed by atoms with Gasteiger partial charge < -0.3 is 4.98 Å². The minimum absolute atomic E-state index is 0.141. The fourth-order valence-electron chi connectivity index (χ4n) is 1.86. The average molecular weight is 252 g/mol. The van der Waals surface area contributed by atoms with Crippen LogP contribution in [0.15, 0.2) is 48.7 Å². The number of aromatic amines is 1. The Bertz CT molecular complexity index is 673. The van der Waals surface area contributed by atoms with Crippen molar-refractivity contribution >= 4 is 22.9 Å². The summed E-state index contributed by atoms with van der Waals surface area (Å²) in [7, 11) is 0. The molecule has 0 spiro atoms. The van der Waals surface area contributed by atoms with Crippen LogP contribution in [0.25, 0.3) is 11.0 Å². The van der Waals surface area contributed by atoms with E-state index in [-0.39, 0.29) is 12.3 Å². The summed E-state index contributed by atoms with van der Waals surface area (Å²) >= 11 is 0. The van der Waals surface area contributed by atoms with Gasteiger partial charge in [-0.3, -0.25) is 15.1 Å². The summed E-state index contributed by atoms with van der Waals surface area (Å²) in [5, 5.41) is 2.73. The Balaban J connectivity index is 1.72. The van der Waals surface area contributed by atoms with Crippen LogP contribution in [-0.2, 0) is 11.2 Å². The molecular weight excluding hydrogens is 240 g/mol. The lowest BCUT2D eigenvalue weighted by Gasteiger charge is -2.00. The normalized spacial score (nSPS) is 10.5. The molecule has 0 aliphatic carbocycles. The zero-order valence-corrected chi connectivity index (χ0v) is 10.1. The summed E-state index contributed by atoms with van der Waals surface area (Å²) in [5.41, 5.74) is 2.46. The molecule has 0 saturated heterocycles. The summed E-state index contributed by atoms with van der Waals surface area (Å²) in [6.45, 7) is 0. The first-order valence-corrected chi connectivity index (χ1v) is 5.96. The molecule has 0 bridgehead atoms. The third-order valence-electron chi connectivity index (χ3n) is 2.72. The van der Waals surface area contributed by atoms with E-state index in [0.717, 1.165) is 16.7 Å². The van der Waals surface area contributed by atoms with Crippen LogP contribution >= 0.6 is 0 Å². The molecule has 0 saturated carbocycles. The van der Waals surface area contributed by atoms with E-state index in [1.807, 2.05) is 42.5 Å². The highest BCUT2D eigenvalue weighted by Crippen LogP contribution is 2.13. The Morgan fingerprint density at radius 2 is 2.00 bits per heavy atom. The number of hydrogen-bond donors (Lipinski definition) is 2. The summed E-state index contributed by atoms with van der Waals surface area (Å²) in [4.78, 5) is 23.3. The van der Waals surface area contributed by atoms with Gasteiger partial charge in [-0.05, 0) is 24.3 Å². The SMILES string of the molecule is O=C(Cc1ccccn1)Nc1nc2ccccc2[nH]1. The number of rotatable bonds is 3. The fourth-order valence-corrected chi connectivity index (χ4v) is 1.86. The average Bonchev–Trinajstić information content (AvgIpc) is 2.81. The number of anilines is 1. The number of aromatic nitrogens is 3. The maximum absolute atomic E-state index is 11.8. The number of nitrogens with zero attached hydrogens (tertiary/aromatic N) is 2. The first-order chi connectivity index (χ1) is 9.31. The van der Waals surface area contributed by atoms with Crippen LogP contribution in [0.4, 0.5) is 5.95 Å². The molecule has 2 aromatic heterocycles. The number of imidazole rings is 1. The Morgan fingerprint density at radius 3 is 2.79 bits per heavy atom. The summed E-state index contributed by atoms with van der Waals surface area (Å²) in [6.07, 6.45) is 1.90. The van der Waals surface area contributed by atoms with Gasteiger partial charge in [-0.25, -0.2) is 4.98 Å². The van der Waals surface area contributed by atoms with Crippen molar-refractivity contribution in [2.45, 2.75) is 6.42 Å². The third-order valence-corrected chi connectivity index (χ3v) is 2.72. The second kappa shape index (κ2) is 4.89. The first-order valence-electron chi connectivity index (χ1n) is 5.96. The molecule has 0 fully saturated rings. The molecule has 1 aromatic carbocycles. The predicted octanol–water partition coefficient (Wildman–Crippen LogP) is 2.14. The molecule has 2 heterocycles. The highest BCUT2D eigenvalue weighted by molar-refractivity contribution is 5.92. The molecule has 1 amide bonds. The van der Waals surface area contributed by atoms with Crippen molar-refractivity contribution in [1.82, 2.24) is 15.0 Å². The molecule has 0 aliphatic rings. The Hall–Kier alpha value is -2.69. The standard InChI is InChI=1S/C14H12N4O/c19-13(9-10-5-3-4-8-15-10)18-14-16-11-6-1-2-7-12(11)17-14/h1-8H,9H2,(H2,16,17,18,19). The Labute approximate surface area is 109 Å². The number of carbonyl (C=O) groups excluding carboxylic acids is 1. The Kier molecular flexibility index (Phi) is 2.94. The number of para-hydroxylation sites is 2. The molecule has 0 radical (unpaired) electrons. The molecule has 3 rings (SSSR count). The number of pyridine rings is 1. The van der Waals surface area contributed by atoms with Crippen molar-refractivity contribution in [1.29, 1.82) is 0 Å². The zero-order chi connectivity index (χ0) is 13.1. The molecule has 2 N–H and O–H groups in total. The van der Waals surface area contributed by atoms with Crippen molar-refractivity contribution < 1.29 is 4.79 Å². The number of nitrogens with one attached hydrogen (secondary N) is 2. The smallest absolute Gasteiger partial charge is 0.232 e. The lowest BCUT2D eigenvalue weighted by atomic mass is 10.2. The summed E-state index contributed by atoms with van der Waals surface area (Å²) in [6, 6.07) is 13.1. The van der Waals surface area contributed by atoms with Gasteiger partial charge in [-0.15, -0.1) is 0 Å². The molecule has 3 aromatic rings. The van der Waals surface area contributed by atoms with Crippen molar-refractivity contribution in [2.24, 2.45) is 0 Å². The van der Waals surface area contributed by atoms with Crippen LogP contribution in [-0.4, -0.2) is 20.9 Å². The van der Waals surface area contributed by atoms with Gasteiger partial charge in [0.1, 0.15) is 0 Å². The molecule has 94 valence electrons. The second-order valence-electron chi connectivity index (χ2n) is 4.15. The van der Waals surface area contributed by atoms with Crippen molar-refractivity contribution in [3.63, 3.8) is 0 Å². The van der Waals surface area contributed by atoms with Crippen LogP contribution in [0.1, 0.15) is 5.69 Å². The van der Waals surface area contributed by atoms with E-state index in [1.54, 1.807) is 6.20 Å². The van der Waals surface area contributed by atoms with Gasteiger partial charge >= 0.3 is 0 Å². The lowest BCUT2D eigenvalue weighted by Crippen LogP contribution is -2.15. The van der Waals surface area contributed by atoms with Gasteiger partial charge in [-0.2, -0.15) is 0 Å². The molecule has 0 atom stereocenters. The maximum atomic E-state index is 11.8. The zero-order valence-electron chi connectivity index (χ0n) is 10.1. The third kappa shape index (κ3) is 2.60. The van der Waals surface area contributed by atoms with Gasteiger partial charge in [0.2, 0.25) is 11.9 Å².